The van der Waals surface area contributed by atoms with Crippen LogP contribution in [0.2, 0.25) is 0 Å². The summed E-state index contributed by atoms with van der Waals surface area (Å²) in [5.74, 6) is 0. The highest BCUT2D eigenvalue weighted by Crippen LogP contribution is 2.33. The molecule has 0 aliphatic rings. The third kappa shape index (κ3) is 2.79. The fourth-order valence-electron chi connectivity index (χ4n) is 2.47. The zero-order valence-corrected chi connectivity index (χ0v) is 13.5. The van der Waals surface area contributed by atoms with Crippen LogP contribution in [-0.2, 0) is 6.54 Å². The van der Waals surface area contributed by atoms with Crippen LogP contribution >= 0.6 is 11.8 Å². The van der Waals surface area contributed by atoms with Crippen molar-refractivity contribution >= 4 is 22.7 Å². The van der Waals surface area contributed by atoms with Gasteiger partial charge in [0.2, 0.25) is 0 Å². The molecule has 0 N–H and O–H groups in total. The monoisotopic (exact) mass is 310 g/mol. The molecule has 0 unspecified atom stereocenters. The van der Waals surface area contributed by atoms with Crippen LogP contribution in [0.15, 0.2) is 64.5 Å². The fourth-order valence-corrected chi connectivity index (χ4v) is 3.57. The van der Waals surface area contributed by atoms with Crippen molar-refractivity contribution in [3.63, 3.8) is 0 Å². The molecule has 0 saturated carbocycles. The van der Waals surface area contributed by atoms with Gasteiger partial charge in [0, 0.05) is 11.8 Å². The van der Waals surface area contributed by atoms with Crippen molar-refractivity contribution in [1.29, 1.82) is 0 Å². The lowest BCUT2D eigenvalue weighted by Gasteiger charge is -2.15. The molecule has 0 spiro atoms. The Morgan fingerprint density at radius 2 is 1.77 bits per heavy atom. The van der Waals surface area contributed by atoms with E-state index < -0.39 is 0 Å². The number of aromatic nitrogens is 2. The van der Waals surface area contributed by atoms with Gasteiger partial charge in [-0.25, -0.2) is 4.98 Å². The molecule has 0 aliphatic heterocycles. The largest absolute Gasteiger partial charge is 0.287 e. The van der Waals surface area contributed by atoms with Gasteiger partial charge in [-0.3, -0.25) is 9.36 Å². The summed E-state index contributed by atoms with van der Waals surface area (Å²) in [5.41, 5.74) is 2.04. The normalized spacial score (nSPS) is 12.5. The molecule has 3 nitrogen and oxygen atoms in total. The van der Waals surface area contributed by atoms with Crippen LogP contribution in [0, 0.1) is 0 Å². The summed E-state index contributed by atoms with van der Waals surface area (Å²) in [6.07, 6.45) is 0. The maximum atomic E-state index is 12.6. The Kier molecular flexibility index (Phi) is 4.29. The number of hydrogen-bond donors (Lipinski definition) is 0. The van der Waals surface area contributed by atoms with E-state index in [1.165, 1.54) is 5.56 Å². The van der Waals surface area contributed by atoms with E-state index in [0.29, 0.717) is 11.9 Å². The first-order chi connectivity index (χ1) is 10.7. The second-order valence-electron chi connectivity index (χ2n) is 5.13. The van der Waals surface area contributed by atoms with E-state index in [2.05, 4.69) is 19.1 Å². The molecule has 112 valence electrons. The molecule has 1 aromatic heterocycles. The Morgan fingerprint density at radius 3 is 2.50 bits per heavy atom. The Balaban J connectivity index is 2.05. The Hall–Kier alpha value is -2.07. The number of fused-ring (bicyclic) bond motifs is 1. The van der Waals surface area contributed by atoms with Crippen LogP contribution in [0.25, 0.3) is 10.9 Å². The predicted octanol–water partition coefficient (Wildman–Crippen LogP) is 4.27. The number of para-hydroxylation sites is 1. The Morgan fingerprint density at radius 1 is 1.09 bits per heavy atom. The van der Waals surface area contributed by atoms with Crippen molar-refractivity contribution in [2.45, 2.75) is 30.8 Å². The minimum absolute atomic E-state index is 0.0378. The van der Waals surface area contributed by atoms with Crippen molar-refractivity contribution in [2.75, 3.05) is 0 Å². The van der Waals surface area contributed by atoms with Gasteiger partial charge in [-0.1, -0.05) is 54.2 Å². The summed E-state index contributed by atoms with van der Waals surface area (Å²) in [6, 6.07) is 17.8. The average molecular weight is 310 g/mol. The summed E-state index contributed by atoms with van der Waals surface area (Å²) in [6.45, 7) is 4.75. The molecule has 0 radical (unpaired) electrons. The van der Waals surface area contributed by atoms with E-state index in [-0.39, 0.29) is 10.8 Å². The van der Waals surface area contributed by atoms with Crippen LogP contribution in [0.4, 0.5) is 0 Å². The molecule has 4 heteroatoms. The van der Waals surface area contributed by atoms with Crippen LogP contribution in [-0.4, -0.2) is 9.55 Å². The second kappa shape index (κ2) is 6.36. The zero-order valence-electron chi connectivity index (χ0n) is 12.7. The van der Waals surface area contributed by atoms with E-state index in [1.807, 2.05) is 49.4 Å². The first-order valence-corrected chi connectivity index (χ1v) is 8.30. The first-order valence-electron chi connectivity index (χ1n) is 7.42. The van der Waals surface area contributed by atoms with Gasteiger partial charge in [-0.05, 0) is 31.5 Å². The number of nitrogens with zero attached hydrogens (tertiary/aromatic N) is 2. The summed E-state index contributed by atoms with van der Waals surface area (Å²) >= 11 is 1.63. The molecule has 1 heterocycles. The Bertz CT molecular complexity index is 843. The topological polar surface area (TPSA) is 34.9 Å². The number of hydrogen-bond acceptors (Lipinski definition) is 3. The molecule has 0 amide bonds. The van der Waals surface area contributed by atoms with Crippen LogP contribution in [0.1, 0.15) is 24.7 Å². The van der Waals surface area contributed by atoms with Crippen LogP contribution < -0.4 is 5.56 Å². The van der Waals surface area contributed by atoms with Crippen molar-refractivity contribution in [1.82, 2.24) is 9.55 Å². The molecular weight excluding hydrogens is 292 g/mol. The van der Waals surface area contributed by atoms with Gasteiger partial charge in [-0.15, -0.1) is 0 Å². The third-order valence-corrected chi connectivity index (χ3v) is 4.84. The highest BCUT2D eigenvalue weighted by Gasteiger charge is 2.14. The molecule has 0 saturated heterocycles. The number of thioether (sulfide) groups is 1. The predicted molar refractivity (Wildman–Crippen MR) is 92.4 cm³/mol. The molecule has 0 aliphatic carbocycles. The maximum absolute atomic E-state index is 12.6. The molecule has 0 fully saturated rings. The molecule has 1 atom stereocenters. The van der Waals surface area contributed by atoms with Crippen molar-refractivity contribution in [3.05, 3.63) is 70.5 Å². The van der Waals surface area contributed by atoms with E-state index >= 15 is 0 Å². The van der Waals surface area contributed by atoms with E-state index in [9.17, 15) is 4.79 Å². The zero-order chi connectivity index (χ0) is 15.5. The lowest BCUT2D eigenvalue weighted by atomic mass is 10.2. The van der Waals surface area contributed by atoms with Crippen molar-refractivity contribution in [3.8, 4) is 0 Å². The van der Waals surface area contributed by atoms with Gasteiger partial charge in [0.15, 0.2) is 5.16 Å². The van der Waals surface area contributed by atoms with E-state index in [4.69, 9.17) is 4.98 Å². The molecule has 0 bridgehead atoms. The lowest BCUT2D eigenvalue weighted by Crippen LogP contribution is -2.22. The third-order valence-electron chi connectivity index (χ3n) is 3.69. The van der Waals surface area contributed by atoms with Gasteiger partial charge in [0.25, 0.3) is 5.56 Å². The fraction of sp³-hybridized carbons (Fsp3) is 0.222. The Labute approximate surface area is 134 Å². The highest BCUT2D eigenvalue weighted by atomic mass is 32.2. The summed E-state index contributed by atoms with van der Waals surface area (Å²) in [5, 5.41) is 1.70. The van der Waals surface area contributed by atoms with Crippen molar-refractivity contribution < 1.29 is 0 Å². The number of benzene rings is 2. The molecular formula is C18H18N2OS. The minimum Gasteiger partial charge on any atom is -0.287 e. The van der Waals surface area contributed by atoms with Gasteiger partial charge in [0.05, 0.1) is 10.9 Å². The van der Waals surface area contributed by atoms with E-state index in [0.717, 1.165) is 10.7 Å². The van der Waals surface area contributed by atoms with Gasteiger partial charge in [-0.2, -0.15) is 0 Å². The minimum atomic E-state index is 0.0378. The SMILES string of the molecule is CCn1c(S[C@H](C)c2ccccc2)nc2ccccc2c1=O. The summed E-state index contributed by atoms with van der Waals surface area (Å²) in [7, 11) is 0. The van der Waals surface area contributed by atoms with Crippen LogP contribution in [0.5, 0.6) is 0 Å². The molecule has 22 heavy (non-hydrogen) atoms. The standard InChI is InChI=1S/C18H18N2OS/c1-3-20-17(21)15-11-7-8-12-16(15)19-18(20)22-13(2)14-9-5-4-6-10-14/h4-13H,3H2,1-2H3/t13-/m1/s1. The smallest absolute Gasteiger partial charge is 0.262 e. The summed E-state index contributed by atoms with van der Waals surface area (Å²) < 4.78 is 1.76. The summed E-state index contributed by atoms with van der Waals surface area (Å²) in [4.78, 5) is 17.3. The molecule has 2 aromatic carbocycles. The quantitative estimate of drug-likeness (QED) is 0.533. The van der Waals surface area contributed by atoms with Crippen LogP contribution in [0.3, 0.4) is 0 Å². The van der Waals surface area contributed by atoms with Crippen molar-refractivity contribution in [2.24, 2.45) is 0 Å². The highest BCUT2D eigenvalue weighted by molar-refractivity contribution is 7.99. The molecule has 3 aromatic rings. The first kappa shape index (κ1) is 14.9. The second-order valence-corrected chi connectivity index (χ2v) is 6.44. The van der Waals surface area contributed by atoms with E-state index in [1.54, 1.807) is 16.3 Å². The average Bonchev–Trinajstić information content (AvgIpc) is 2.56. The lowest BCUT2D eigenvalue weighted by molar-refractivity contribution is 0.633. The maximum Gasteiger partial charge on any atom is 0.262 e. The number of rotatable bonds is 4. The van der Waals surface area contributed by atoms with Gasteiger partial charge < -0.3 is 0 Å². The van der Waals surface area contributed by atoms with Gasteiger partial charge in [0.1, 0.15) is 0 Å². The van der Waals surface area contributed by atoms with Gasteiger partial charge >= 0.3 is 0 Å². The molecule has 3 rings (SSSR count).